The Morgan fingerprint density at radius 2 is 2.24 bits per heavy atom. The van der Waals surface area contributed by atoms with Gasteiger partial charge in [0, 0.05) is 30.4 Å². The molecular weight excluding hydrogens is 306 g/mol. The summed E-state index contributed by atoms with van der Waals surface area (Å²) in [6.07, 6.45) is 5.66. The molecule has 1 aromatic heterocycles. The molecule has 1 aliphatic carbocycles. The topological polar surface area (TPSA) is 47.0 Å². The molecule has 0 radical (unpaired) electrons. The molecule has 0 bridgehead atoms. The van der Waals surface area contributed by atoms with Gasteiger partial charge in [0.1, 0.15) is 16.8 Å². The third-order valence-corrected chi connectivity index (χ3v) is 5.98. The van der Waals surface area contributed by atoms with Gasteiger partial charge in [0.15, 0.2) is 0 Å². The molecule has 1 saturated carbocycles. The molecule has 2 saturated heterocycles. The summed E-state index contributed by atoms with van der Waals surface area (Å²) < 4.78 is 6.07. The van der Waals surface area contributed by atoms with Crippen molar-refractivity contribution < 1.29 is 4.74 Å². The number of hydrogen-bond acceptors (Lipinski definition) is 5. The van der Waals surface area contributed by atoms with E-state index in [0.29, 0.717) is 17.1 Å². The van der Waals surface area contributed by atoms with Crippen molar-refractivity contribution in [2.45, 2.75) is 49.7 Å². The first-order valence-electron chi connectivity index (χ1n) is 7.75. The van der Waals surface area contributed by atoms with Crippen LogP contribution in [0, 0.1) is 0 Å². The van der Waals surface area contributed by atoms with Gasteiger partial charge >= 0.3 is 0 Å². The number of nitrogens with one attached hydrogen (secondary N) is 1. The average Bonchev–Trinajstić information content (AvgIpc) is 3.22. The highest BCUT2D eigenvalue weighted by Gasteiger charge is 2.40. The maximum absolute atomic E-state index is 6.14. The lowest BCUT2D eigenvalue weighted by molar-refractivity contribution is -0.0628. The second-order valence-electron chi connectivity index (χ2n) is 6.38. The number of rotatable bonds is 3. The first-order chi connectivity index (χ1) is 10.2. The van der Waals surface area contributed by atoms with Crippen molar-refractivity contribution in [3.63, 3.8) is 0 Å². The Kier molecular flexibility index (Phi) is 3.76. The van der Waals surface area contributed by atoms with Gasteiger partial charge in [-0.2, -0.15) is 11.8 Å². The van der Waals surface area contributed by atoms with Gasteiger partial charge in [0.05, 0.1) is 5.60 Å². The summed E-state index contributed by atoms with van der Waals surface area (Å²) in [6.45, 7) is 0.840. The van der Waals surface area contributed by atoms with Crippen LogP contribution in [0.1, 0.15) is 43.8 Å². The molecule has 3 fully saturated rings. The number of nitrogens with zero attached hydrogens (tertiary/aromatic N) is 2. The van der Waals surface area contributed by atoms with Crippen molar-refractivity contribution in [2.75, 3.05) is 23.4 Å². The molecule has 2 aliphatic heterocycles. The minimum Gasteiger partial charge on any atom is -0.374 e. The van der Waals surface area contributed by atoms with Gasteiger partial charge in [-0.05, 0) is 37.9 Å². The second-order valence-corrected chi connectivity index (χ2v) is 7.87. The van der Waals surface area contributed by atoms with E-state index < -0.39 is 0 Å². The van der Waals surface area contributed by atoms with Crippen LogP contribution in [0.5, 0.6) is 0 Å². The molecular formula is C15H20ClN3OS. The Hall–Kier alpha value is -0.520. The van der Waals surface area contributed by atoms with Crippen LogP contribution >= 0.6 is 23.4 Å². The van der Waals surface area contributed by atoms with Gasteiger partial charge in [-0.25, -0.2) is 9.97 Å². The number of thioether (sulfide) groups is 1. The van der Waals surface area contributed by atoms with Crippen molar-refractivity contribution in [3.8, 4) is 0 Å². The third-order valence-electron chi connectivity index (χ3n) is 4.57. The first-order valence-corrected chi connectivity index (χ1v) is 9.28. The molecule has 0 amide bonds. The van der Waals surface area contributed by atoms with E-state index in [-0.39, 0.29) is 5.60 Å². The molecule has 114 valence electrons. The van der Waals surface area contributed by atoms with Crippen LogP contribution in [-0.4, -0.2) is 39.7 Å². The zero-order valence-electron chi connectivity index (χ0n) is 12.0. The predicted molar refractivity (Wildman–Crippen MR) is 86.3 cm³/mol. The summed E-state index contributed by atoms with van der Waals surface area (Å²) in [7, 11) is 0. The quantitative estimate of drug-likeness (QED) is 0.862. The molecule has 2 unspecified atom stereocenters. The molecule has 3 heterocycles. The summed E-state index contributed by atoms with van der Waals surface area (Å²) in [6, 6.07) is 2.27. The van der Waals surface area contributed by atoms with Crippen molar-refractivity contribution in [1.82, 2.24) is 9.97 Å². The number of anilines is 1. The molecule has 0 aromatic carbocycles. The Morgan fingerprint density at radius 1 is 1.33 bits per heavy atom. The zero-order chi connectivity index (χ0) is 14.3. The Bertz CT molecular complexity index is 532. The van der Waals surface area contributed by atoms with Crippen molar-refractivity contribution >= 4 is 29.2 Å². The van der Waals surface area contributed by atoms with E-state index in [1.54, 1.807) is 0 Å². The molecule has 3 aliphatic rings. The maximum atomic E-state index is 6.14. The van der Waals surface area contributed by atoms with E-state index in [1.165, 1.54) is 25.0 Å². The molecule has 4 nitrogen and oxygen atoms in total. The van der Waals surface area contributed by atoms with Crippen molar-refractivity contribution in [3.05, 3.63) is 17.0 Å². The fourth-order valence-corrected chi connectivity index (χ4v) is 4.82. The fraction of sp³-hybridized carbons (Fsp3) is 0.733. The van der Waals surface area contributed by atoms with E-state index in [1.807, 2.05) is 17.8 Å². The molecule has 21 heavy (non-hydrogen) atoms. The van der Waals surface area contributed by atoms with Crippen molar-refractivity contribution in [2.24, 2.45) is 0 Å². The Balaban J connectivity index is 1.47. The van der Waals surface area contributed by atoms with Gasteiger partial charge in [0.2, 0.25) is 0 Å². The summed E-state index contributed by atoms with van der Waals surface area (Å²) in [4.78, 5) is 9.00. The lowest BCUT2D eigenvalue weighted by Gasteiger charge is -2.38. The summed E-state index contributed by atoms with van der Waals surface area (Å²) in [5, 5.41) is 4.12. The highest BCUT2D eigenvalue weighted by Crippen LogP contribution is 2.40. The van der Waals surface area contributed by atoms with Gasteiger partial charge in [-0.1, -0.05) is 11.6 Å². The Morgan fingerprint density at radius 3 is 3.00 bits per heavy atom. The first kappa shape index (κ1) is 14.1. The minimum absolute atomic E-state index is 0.0940. The second kappa shape index (κ2) is 5.60. The number of aromatic nitrogens is 2. The van der Waals surface area contributed by atoms with Crippen LogP contribution in [-0.2, 0) is 4.74 Å². The van der Waals surface area contributed by atoms with Crippen LogP contribution in [0.2, 0.25) is 5.15 Å². The van der Waals surface area contributed by atoms with Crippen LogP contribution in [0.3, 0.4) is 0 Å². The number of halogens is 1. The lowest BCUT2D eigenvalue weighted by Crippen LogP contribution is -2.44. The fourth-order valence-electron chi connectivity index (χ4n) is 3.26. The van der Waals surface area contributed by atoms with Gasteiger partial charge < -0.3 is 10.1 Å². The smallest absolute Gasteiger partial charge is 0.135 e. The van der Waals surface area contributed by atoms with Crippen LogP contribution in [0.15, 0.2) is 6.07 Å². The summed E-state index contributed by atoms with van der Waals surface area (Å²) in [5.74, 6) is 4.66. The normalized spacial score (nSPS) is 32.5. The highest BCUT2D eigenvalue weighted by molar-refractivity contribution is 7.99. The molecule has 2 atom stereocenters. The zero-order valence-corrected chi connectivity index (χ0v) is 13.6. The lowest BCUT2D eigenvalue weighted by atomic mass is 9.90. The largest absolute Gasteiger partial charge is 0.374 e. The van der Waals surface area contributed by atoms with Crippen molar-refractivity contribution in [1.29, 1.82) is 0 Å². The van der Waals surface area contributed by atoms with E-state index in [2.05, 4.69) is 15.3 Å². The number of ether oxygens (including phenoxy) is 1. The average molecular weight is 326 g/mol. The SMILES string of the molecule is Clc1cc(NC2CCOC3(CCSC3)C2)nc(C2CC2)n1. The van der Waals surface area contributed by atoms with Gasteiger partial charge in [-0.3, -0.25) is 0 Å². The molecule has 4 rings (SSSR count). The summed E-state index contributed by atoms with van der Waals surface area (Å²) >= 11 is 8.15. The molecule has 1 N–H and O–H groups in total. The monoisotopic (exact) mass is 325 g/mol. The van der Waals surface area contributed by atoms with Crippen LogP contribution in [0.25, 0.3) is 0 Å². The minimum atomic E-state index is 0.0940. The van der Waals surface area contributed by atoms with Gasteiger partial charge in [0.25, 0.3) is 0 Å². The molecule has 1 aromatic rings. The van der Waals surface area contributed by atoms with E-state index in [9.17, 15) is 0 Å². The number of hydrogen-bond donors (Lipinski definition) is 1. The third kappa shape index (κ3) is 3.15. The standard InChI is InChI=1S/C15H20ClN3OS/c16-12-7-13(19-14(18-12)10-1-2-10)17-11-3-5-20-15(8-11)4-6-21-9-15/h7,10-11H,1-6,8-9H2,(H,17,18,19). The molecule has 1 spiro atoms. The van der Waals surface area contributed by atoms with Crippen LogP contribution < -0.4 is 5.32 Å². The summed E-state index contributed by atoms with van der Waals surface area (Å²) in [5.41, 5.74) is 0.0940. The van der Waals surface area contributed by atoms with Crippen LogP contribution in [0.4, 0.5) is 5.82 Å². The van der Waals surface area contributed by atoms with E-state index in [0.717, 1.165) is 36.8 Å². The molecule has 6 heteroatoms. The van der Waals surface area contributed by atoms with E-state index in [4.69, 9.17) is 16.3 Å². The van der Waals surface area contributed by atoms with E-state index >= 15 is 0 Å². The Labute approximate surface area is 134 Å². The maximum Gasteiger partial charge on any atom is 0.135 e. The van der Waals surface area contributed by atoms with Gasteiger partial charge in [-0.15, -0.1) is 0 Å². The highest BCUT2D eigenvalue weighted by atomic mass is 35.5. The predicted octanol–water partition coefficient (Wildman–Crippen LogP) is 3.47.